The third-order valence-electron chi connectivity index (χ3n) is 2.98. The smallest absolute Gasteiger partial charge is 0.246 e. The molecule has 0 aliphatic heterocycles. The summed E-state index contributed by atoms with van der Waals surface area (Å²) in [5.41, 5.74) is 6.51. The van der Waals surface area contributed by atoms with E-state index in [0.717, 1.165) is 5.56 Å². The SMILES string of the molecule is Cn1cc(S(=O)(=O)N[C@H](CO)Cc2ccccc2)c(N)n1. The molecule has 0 fully saturated rings. The third-order valence-corrected chi connectivity index (χ3v) is 4.52. The highest BCUT2D eigenvalue weighted by atomic mass is 32.2. The monoisotopic (exact) mass is 310 g/mol. The summed E-state index contributed by atoms with van der Waals surface area (Å²) in [6.45, 7) is -0.311. The highest BCUT2D eigenvalue weighted by Crippen LogP contribution is 2.16. The lowest BCUT2D eigenvalue weighted by molar-refractivity contribution is 0.256. The lowest BCUT2D eigenvalue weighted by atomic mass is 10.1. The first-order chi connectivity index (χ1) is 9.92. The molecule has 0 saturated heterocycles. The zero-order valence-corrected chi connectivity index (χ0v) is 12.4. The Hall–Kier alpha value is -1.90. The Morgan fingerprint density at radius 3 is 2.57 bits per heavy atom. The van der Waals surface area contributed by atoms with Gasteiger partial charge in [0.05, 0.1) is 6.61 Å². The number of anilines is 1. The van der Waals surface area contributed by atoms with Gasteiger partial charge in [0.2, 0.25) is 10.0 Å². The fourth-order valence-electron chi connectivity index (χ4n) is 2.02. The Morgan fingerprint density at radius 1 is 1.38 bits per heavy atom. The van der Waals surface area contributed by atoms with E-state index < -0.39 is 16.1 Å². The number of aliphatic hydroxyl groups is 1. The van der Waals surface area contributed by atoms with Crippen LogP contribution in [-0.4, -0.2) is 36.0 Å². The minimum absolute atomic E-state index is 0.0681. The second-order valence-corrected chi connectivity index (χ2v) is 6.43. The minimum atomic E-state index is -3.82. The molecular formula is C13H18N4O3S. The Morgan fingerprint density at radius 2 is 2.05 bits per heavy atom. The highest BCUT2D eigenvalue weighted by Gasteiger charge is 2.24. The van der Waals surface area contributed by atoms with Crippen molar-refractivity contribution in [2.45, 2.75) is 17.4 Å². The van der Waals surface area contributed by atoms with Crippen molar-refractivity contribution in [3.05, 3.63) is 42.1 Å². The van der Waals surface area contributed by atoms with Crippen molar-refractivity contribution in [3.63, 3.8) is 0 Å². The molecule has 1 heterocycles. The molecule has 7 nitrogen and oxygen atoms in total. The van der Waals surface area contributed by atoms with Gasteiger partial charge in [-0.25, -0.2) is 13.1 Å². The number of benzene rings is 1. The lowest BCUT2D eigenvalue weighted by Gasteiger charge is -2.16. The number of nitrogens with one attached hydrogen (secondary N) is 1. The summed E-state index contributed by atoms with van der Waals surface area (Å²) < 4.78 is 28.3. The molecule has 0 radical (unpaired) electrons. The summed E-state index contributed by atoms with van der Waals surface area (Å²) in [6, 6.07) is 8.70. The standard InChI is InChI=1S/C13H18N4O3S/c1-17-8-12(13(14)15-17)21(19,20)16-11(9-18)7-10-5-3-2-4-6-10/h2-6,8,11,16,18H,7,9H2,1H3,(H2,14,15)/t11-/m0/s1. The van der Waals surface area contributed by atoms with Crippen molar-refractivity contribution in [2.75, 3.05) is 12.3 Å². The van der Waals surface area contributed by atoms with Gasteiger partial charge < -0.3 is 10.8 Å². The van der Waals surface area contributed by atoms with Gasteiger partial charge in [-0.1, -0.05) is 30.3 Å². The number of aryl methyl sites for hydroxylation is 1. The topological polar surface area (TPSA) is 110 Å². The largest absolute Gasteiger partial charge is 0.395 e. The van der Waals surface area contributed by atoms with E-state index in [9.17, 15) is 13.5 Å². The Kier molecular flexibility index (Phi) is 4.61. The molecule has 4 N–H and O–H groups in total. The van der Waals surface area contributed by atoms with Gasteiger partial charge in [-0.15, -0.1) is 0 Å². The molecule has 8 heteroatoms. The normalized spacial score (nSPS) is 13.2. The van der Waals surface area contributed by atoms with E-state index in [1.165, 1.54) is 10.9 Å². The van der Waals surface area contributed by atoms with Crippen LogP contribution < -0.4 is 10.5 Å². The lowest BCUT2D eigenvalue weighted by Crippen LogP contribution is -2.39. The van der Waals surface area contributed by atoms with E-state index >= 15 is 0 Å². The van der Waals surface area contributed by atoms with Gasteiger partial charge in [-0.2, -0.15) is 5.10 Å². The summed E-state index contributed by atoms with van der Waals surface area (Å²) in [5.74, 6) is -0.0681. The first kappa shape index (κ1) is 15.5. The summed E-state index contributed by atoms with van der Waals surface area (Å²) >= 11 is 0. The summed E-state index contributed by atoms with van der Waals surface area (Å²) in [7, 11) is -2.23. The Labute approximate surface area is 123 Å². The van der Waals surface area contributed by atoms with Crippen molar-refractivity contribution in [1.29, 1.82) is 0 Å². The molecular weight excluding hydrogens is 292 g/mol. The molecule has 2 rings (SSSR count). The van der Waals surface area contributed by atoms with Gasteiger partial charge in [0.1, 0.15) is 4.90 Å². The van der Waals surface area contributed by atoms with Gasteiger partial charge in [0.15, 0.2) is 5.82 Å². The van der Waals surface area contributed by atoms with Crippen LogP contribution >= 0.6 is 0 Å². The van der Waals surface area contributed by atoms with Crippen LogP contribution in [0.5, 0.6) is 0 Å². The van der Waals surface area contributed by atoms with Crippen LogP contribution in [0.15, 0.2) is 41.4 Å². The second kappa shape index (κ2) is 6.25. The van der Waals surface area contributed by atoms with Crippen LogP contribution in [0.1, 0.15) is 5.56 Å². The molecule has 0 amide bonds. The van der Waals surface area contributed by atoms with E-state index in [1.807, 2.05) is 30.3 Å². The number of hydrogen-bond acceptors (Lipinski definition) is 5. The predicted molar refractivity (Wildman–Crippen MR) is 79.0 cm³/mol. The molecule has 0 bridgehead atoms. The van der Waals surface area contributed by atoms with E-state index in [4.69, 9.17) is 5.73 Å². The average Bonchev–Trinajstić information content (AvgIpc) is 2.79. The zero-order chi connectivity index (χ0) is 15.5. The predicted octanol–water partition coefficient (Wildman–Crippen LogP) is -0.116. The van der Waals surface area contributed by atoms with Crippen LogP contribution in [0.4, 0.5) is 5.82 Å². The van der Waals surface area contributed by atoms with E-state index in [2.05, 4.69) is 9.82 Å². The number of sulfonamides is 1. The maximum atomic E-state index is 12.3. The van der Waals surface area contributed by atoms with Gasteiger partial charge in [0.25, 0.3) is 0 Å². The molecule has 1 aromatic carbocycles. The molecule has 0 spiro atoms. The van der Waals surface area contributed by atoms with Gasteiger partial charge >= 0.3 is 0 Å². The van der Waals surface area contributed by atoms with Crippen LogP contribution in [0, 0.1) is 0 Å². The summed E-state index contributed by atoms with van der Waals surface area (Å²) in [4.78, 5) is -0.0866. The summed E-state index contributed by atoms with van der Waals surface area (Å²) in [5, 5.41) is 13.2. The minimum Gasteiger partial charge on any atom is -0.395 e. The number of aliphatic hydroxyl groups excluding tert-OH is 1. The Balaban J connectivity index is 2.16. The van der Waals surface area contributed by atoms with Crippen LogP contribution in [0.3, 0.4) is 0 Å². The van der Waals surface area contributed by atoms with Gasteiger partial charge in [0, 0.05) is 19.3 Å². The van der Waals surface area contributed by atoms with E-state index in [0.29, 0.717) is 6.42 Å². The van der Waals surface area contributed by atoms with Crippen LogP contribution in [0.2, 0.25) is 0 Å². The van der Waals surface area contributed by atoms with Crippen LogP contribution in [0.25, 0.3) is 0 Å². The van der Waals surface area contributed by atoms with E-state index in [-0.39, 0.29) is 17.3 Å². The van der Waals surface area contributed by atoms with Crippen molar-refractivity contribution in [2.24, 2.45) is 7.05 Å². The van der Waals surface area contributed by atoms with E-state index in [1.54, 1.807) is 7.05 Å². The van der Waals surface area contributed by atoms with Gasteiger partial charge in [-0.3, -0.25) is 4.68 Å². The number of nitrogens with zero attached hydrogens (tertiary/aromatic N) is 2. The molecule has 114 valence electrons. The number of hydrogen-bond donors (Lipinski definition) is 3. The fraction of sp³-hybridized carbons (Fsp3) is 0.308. The molecule has 1 atom stereocenters. The maximum absolute atomic E-state index is 12.3. The fourth-order valence-corrected chi connectivity index (χ4v) is 3.35. The first-order valence-corrected chi connectivity index (χ1v) is 7.87. The summed E-state index contributed by atoms with van der Waals surface area (Å²) in [6.07, 6.45) is 1.71. The molecule has 0 aliphatic carbocycles. The Bertz CT molecular complexity index is 697. The van der Waals surface area contributed by atoms with Crippen molar-refractivity contribution >= 4 is 15.8 Å². The molecule has 0 aliphatic rings. The number of aromatic nitrogens is 2. The van der Waals surface area contributed by atoms with Gasteiger partial charge in [-0.05, 0) is 12.0 Å². The molecule has 1 aromatic heterocycles. The number of rotatable bonds is 6. The highest BCUT2D eigenvalue weighted by molar-refractivity contribution is 7.89. The molecule has 0 saturated carbocycles. The number of nitrogens with two attached hydrogens (primary N) is 1. The van der Waals surface area contributed by atoms with Crippen molar-refractivity contribution in [3.8, 4) is 0 Å². The van der Waals surface area contributed by atoms with Crippen LogP contribution in [-0.2, 0) is 23.5 Å². The third kappa shape index (κ3) is 3.81. The molecule has 2 aromatic rings. The maximum Gasteiger partial charge on any atom is 0.246 e. The number of nitrogen functional groups attached to an aromatic ring is 1. The molecule has 21 heavy (non-hydrogen) atoms. The molecule has 0 unspecified atom stereocenters. The zero-order valence-electron chi connectivity index (χ0n) is 11.6. The van der Waals surface area contributed by atoms with Crippen molar-refractivity contribution in [1.82, 2.24) is 14.5 Å². The van der Waals surface area contributed by atoms with Crippen molar-refractivity contribution < 1.29 is 13.5 Å². The average molecular weight is 310 g/mol. The second-order valence-electron chi connectivity index (χ2n) is 4.74. The first-order valence-electron chi connectivity index (χ1n) is 6.38. The quantitative estimate of drug-likeness (QED) is 0.689.